The third-order valence-corrected chi connectivity index (χ3v) is 2.60. The molecule has 0 spiro atoms. The smallest absolute Gasteiger partial charge is 0.279 e. The molecule has 15 heavy (non-hydrogen) atoms. The molecule has 0 fully saturated rings. The average Bonchev–Trinajstić information content (AvgIpc) is 2.02. The summed E-state index contributed by atoms with van der Waals surface area (Å²) < 4.78 is 68.0. The molecule has 0 saturated heterocycles. The van der Waals surface area contributed by atoms with Crippen molar-refractivity contribution in [3.63, 3.8) is 0 Å². The number of rotatable bonds is 0. The van der Waals surface area contributed by atoms with Gasteiger partial charge in [0.15, 0.2) is 0 Å². The second-order valence-corrected chi connectivity index (χ2v) is 5.00. The van der Waals surface area contributed by atoms with Crippen LogP contribution < -0.4 is 0 Å². The lowest BCUT2D eigenvalue weighted by atomic mass is 10.5. The molecule has 0 radical (unpaired) electrons. The van der Waals surface area contributed by atoms with Crippen LogP contribution in [0.5, 0.6) is 0 Å². The normalized spacial score (nSPS) is 20.7. The molecule has 1 N–H and O–H groups in total. The van der Waals surface area contributed by atoms with E-state index in [9.17, 15) is 17.4 Å². The summed E-state index contributed by atoms with van der Waals surface area (Å²) in [5, 5.41) is 1.69. The Labute approximate surface area is 86.7 Å². The molecule has 1 heterocycles. The zero-order valence-corrected chi connectivity index (χ0v) is 8.77. The van der Waals surface area contributed by atoms with Crippen LogP contribution in [-0.2, 0) is 20.9 Å². The van der Waals surface area contributed by atoms with Crippen LogP contribution in [0.2, 0.25) is 0 Å². The van der Waals surface area contributed by atoms with Gasteiger partial charge >= 0.3 is 15.6 Å². The van der Waals surface area contributed by atoms with Crippen molar-refractivity contribution in [1.29, 1.82) is 0 Å². The second-order valence-electron chi connectivity index (χ2n) is 2.22. The lowest BCUT2D eigenvalue weighted by Gasteiger charge is -1.97. The van der Waals surface area contributed by atoms with Crippen molar-refractivity contribution < 1.29 is 30.4 Å². The van der Waals surface area contributed by atoms with Crippen molar-refractivity contribution in [3.05, 3.63) is 23.6 Å². The van der Waals surface area contributed by atoms with E-state index in [1.807, 2.05) is 12.2 Å². The van der Waals surface area contributed by atoms with Crippen molar-refractivity contribution in [2.75, 3.05) is 5.75 Å². The van der Waals surface area contributed by atoms with E-state index in [2.05, 4.69) is 0 Å². The molecule has 1 aliphatic heterocycles. The van der Waals surface area contributed by atoms with Gasteiger partial charge < -0.3 is 0 Å². The van der Waals surface area contributed by atoms with Gasteiger partial charge in [0.1, 0.15) is 0 Å². The van der Waals surface area contributed by atoms with E-state index >= 15 is 0 Å². The molecule has 0 saturated carbocycles. The third kappa shape index (κ3) is 6.42. The standard InChI is InChI=1S/C5H6OS.CHF3O3S/c6-7-4-2-1-3-5-7;2-1(3,4)8(5,6)7/h1-4H,5H2;(H,5,6,7). The van der Waals surface area contributed by atoms with Crippen LogP contribution in [0.1, 0.15) is 0 Å². The maximum atomic E-state index is 10.7. The Balaban J connectivity index is 0.000000262. The highest BCUT2D eigenvalue weighted by molar-refractivity contribution is 7.88. The summed E-state index contributed by atoms with van der Waals surface area (Å²) in [5.74, 6) is 0.691. The number of halogens is 3. The van der Waals surface area contributed by atoms with Crippen molar-refractivity contribution in [2.24, 2.45) is 0 Å². The van der Waals surface area contributed by atoms with E-state index in [1.54, 1.807) is 11.5 Å². The molecule has 0 amide bonds. The second kappa shape index (κ2) is 5.42. The fourth-order valence-electron chi connectivity index (χ4n) is 0.418. The van der Waals surface area contributed by atoms with Gasteiger partial charge in [0.05, 0.1) is 0 Å². The number of allylic oxidation sites excluding steroid dienone is 2. The topological polar surface area (TPSA) is 71.4 Å². The minimum atomic E-state index is -5.84. The largest absolute Gasteiger partial charge is 0.522 e. The summed E-state index contributed by atoms with van der Waals surface area (Å²) in [6.07, 6.45) is 5.61. The predicted molar refractivity (Wildman–Crippen MR) is 48.9 cm³/mol. The lowest BCUT2D eigenvalue weighted by molar-refractivity contribution is -0.0510. The summed E-state index contributed by atoms with van der Waals surface area (Å²) >= 11 is 0. The first-order chi connectivity index (χ1) is 6.64. The van der Waals surface area contributed by atoms with E-state index in [0.29, 0.717) is 5.75 Å². The first-order valence-corrected chi connectivity index (χ1v) is 6.21. The molecule has 1 atom stereocenters. The van der Waals surface area contributed by atoms with Crippen molar-refractivity contribution >= 4 is 20.9 Å². The minimum Gasteiger partial charge on any atom is -0.279 e. The van der Waals surface area contributed by atoms with Gasteiger partial charge in [0, 0.05) is 22.0 Å². The molecule has 0 aliphatic carbocycles. The van der Waals surface area contributed by atoms with Crippen LogP contribution in [-0.4, -0.2) is 28.4 Å². The Bertz CT molecular complexity index is 380. The van der Waals surface area contributed by atoms with Crippen LogP contribution in [0, 0.1) is 0 Å². The maximum absolute atomic E-state index is 10.7. The molecule has 1 unspecified atom stereocenters. The fraction of sp³-hybridized carbons (Fsp3) is 0.333. The lowest BCUT2D eigenvalue weighted by Crippen LogP contribution is -2.21. The van der Waals surface area contributed by atoms with Gasteiger partial charge in [0.2, 0.25) is 0 Å². The summed E-state index contributed by atoms with van der Waals surface area (Å²) in [4.78, 5) is 0. The summed E-state index contributed by atoms with van der Waals surface area (Å²) in [5.41, 5.74) is -5.53. The maximum Gasteiger partial charge on any atom is 0.522 e. The molecular formula is C6H7F3O4S2. The van der Waals surface area contributed by atoms with Gasteiger partial charge in [-0.25, -0.2) is 0 Å². The number of hydrogen-bond donors (Lipinski definition) is 1. The first-order valence-electron chi connectivity index (χ1n) is 3.39. The quantitative estimate of drug-likeness (QED) is 0.527. The SMILES string of the molecule is O=S(=O)(O)C(F)(F)F.O=S1C=CC=CC1. The Morgan fingerprint density at radius 1 is 1.27 bits per heavy atom. The summed E-state index contributed by atoms with van der Waals surface area (Å²) in [6, 6.07) is 0. The molecule has 0 aromatic rings. The molecule has 9 heteroatoms. The van der Waals surface area contributed by atoms with E-state index in [0.717, 1.165) is 0 Å². The van der Waals surface area contributed by atoms with Crippen LogP contribution in [0.4, 0.5) is 13.2 Å². The molecule has 0 aromatic carbocycles. The molecule has 4 nitrogen and oxygen atoms in total. The Morgan fingerprint density at radius 3 is 1.87 bits per heavy atom. The van der Waals surface area contributed by atoms with E-state index in [-0.39, 0.29) is 0 Å². The number of hydrogen-bond acceptors (Lipinski definition) is 3. The van der Waals surface area contributed by atoms with Crippen molar-refractivity contribution in [1.82, 2.24) is 0 Å². The zero-order chi connectivity index (χ0) is 12.1. The van der Waals surface area contributed by atoms with E-state index < -0.39 is 26.4 Å². The van der Waals surface area contributed by atoms with E-state index in [1.165, 1.54) is 0 Å². The summed E-state index contributed by atoms with van der Waals surface area (Å²) in [7, 11) is -6.55. The predicted octanol–water partition coefficient (Wildman–Crippen LogP) is 1.21. The molecule has 1 rings (SSSR count). The van der Waals surface area contributed by atoms with Gasteiger partial charge in [-0.15, -0.1) is 0 Å². The highest BCUT2D eigenvalue weighted by Crippen LogP contribution is 2.20. The average molecular weight is 264 g/mol. The van der Waals surface area contributed by atoms with Gasteiger partial charge in [0.25, 0.3) is 0 Å². The highest BCUT2D eigenvalue weighted by Gasteiger charge is 2.44. The van der Waals surface area contributed by atoms with Gasteiger partial charge in [-0.2, -0.15) is 21.6 Å². The molecule has 1 aliphatic rings. The van der Waals surface area contributed by atoms with Crippen molar-refractivity contribution in [3.8, 4) is 0 Å². The van der Waals surface area contributed by atoms with Crippen LogP contribution in [0.3, 0.4) is 0 Å². The highest BCUT2D eigenvalue weighted by atomic mass is 32.2. The minimum absolute atomic E-state index is 0.691. The van der Waals surface area contributed by atoms with Gasteiger partial charge in [-0.05, 0) is 0 Å². The molecule has 0 aromatic heterocycles. The first kappa shape index (κ1) is 14.3. The third-order valence-electron chi connectivity index (χ3n) is 1.03. The monoisotopic (exact) mass is 264 g/mol. The molecular weight excluding hydrogens is 257 g/mol. The Morgan fingerprint density at radius 2 is 1.73 bits per heavy atom. The fourth-order valence-corrected chi connectivity index (χ4v) is 1.10. The van der Waals surface area contributed by atoms with Crippen molar-refractivity contribution in [2.45, 2.75) is 5.51 Å². The van der Waals surface area contributed by atoms with Crippen LogP contribution >= 0.6 is 0 Å². The molecule has 88 valence electrons. The van der Waals surface area contributed by atoms with E-state index in [4.69, 9.17) is 13.0 Å². The van der Waals surface area contributed by atoms with Crippen LogP contribution in [0.25, 0.3) is 0 Å². The zero-order valence-electron chi connectivity index (χ0n) is 7.14. The number of alkyl halides is 3. The molecule has 0 bridgehead atoms. The van der Waals surface area contributed by atoms with Gasteiger partial charge in [-0.3, -0.25) is 8.76 Å². The van der Waals surface area contributed by atoms with Crippen LogP contribution in [0.15, 0.2) is 23.6 Å². The Kier molecular flexibility index (Phi) is 5.18. The Hall–Kier alpha value is -0.670. The summed E-state index contributed by atoms with van der Waals surface area (Å²) in [6.45, 7) is 0. The van der Waals surface area contributed by atoms with Gasteiger partial charge in [-0.1, -0.05) is 18.2 Å².